The molecule has 1 aliphatic rings. The lowest BCUT2D eigenvalue weighted by molar-refractivity contribution is 0.0730. The Kier molecular flexibility index (Phi) is 3.29. The molecule has 0 radical (unpaired) electrons. The lowest BCUT2D eigenvalue weighted by atomic mass is 10.5. The van der Waals surface area contributed by atoms with Gasteiger partial charge in [0.15, 0.2) is 0 Å². The highest BCUT2D eigenvalue weighted by Crippen LogP contribution is 2.17. The van der Waals surface area contributed by atoms with Crippen LogP contribution in [0.1, 0.15) is 5.69 Å². The highest BCUT2D eigenvalue weighted by atomic mass is 32.2. The fourth-order valence-corrected chi connectivity index (χ4v) is 3.02. The van der Waals surface area contributed by atoms with Crippen LogP contribution in [0.25, 0.3) is 0 Å². The zero-order valence-corrected chi connectivity index (χ0v) is 9.53. The Morgan fingerprint density at radius 3 is 2.69 bits per heavy atom. The van der Waals surface area contributed by atoms with Crippen molar-refractivity contribution in [1.29, 1.82) is 0 Å². The van der Waals surface area contributed by atoms with Crippen LogP contribution in [0, 0.1) is 0 Å². The van der Waals surface area contributed by atoms with Gasteiger partial charge >= 0.3 is 0 Å². The molecule has 16 heavy (non-hydrogen) atoms. The van der Waals surface area contributed by atoms with E-state index in [0.29, 0.717) is 32.0 Å². The van der Waals surface area contributed by atoms with Crippen LogP contribution in [0.15, 0.2) is 17.2 Å². The van der Waals surface area contributed by atoms with Crippen LogP contribution in [-0.2, 0) is 21.4 Å². The molecule has 0 atom stereocenters. The second kappa shape index (κ2) is 4.54. The summed E-state index contributed by atoms with van der Waals surface area (Å²) < 4.78 is 30.7. The van der Waals surface area contributed by atoms with E-state index in [0.717, 1.165) is 0 Å². The fourth-order valence-electron chi connectivity index (χ4n) is 1.60. The molecule has 0 aromatic carbocycles. The third-order valence-electron chi connectivity index (χ3n) is 2.49. The molecule has 0 bridgehead atoms. The molecule has 0 amide bonds. The van der Waals surface area contributed by atoms with Crippen LogP contribution in [-0.4, -0.2) is 49.1 Å². The van der Waals surface area contributed by atoms with Crippen molar-refractivity contribution in [2.24, 2.45) is 0 Å². The second-order valence-electron chi connectivity index (χ2n) is 3.54. The van der Waals surface area contributed by atoms with Gasteiger partial charge < -0.3 is 14.8 Å². The summed E-state index contributed by atoms with van der Waals surface area (Å²) in [7, 11) is -3.44. The van der Waals surface area contributed by atoms with E-state index in [2.05, 4.69) is 4.98 Å². The molecule has 0 aliphatic carbocycles. The van der Waals surface area contributed by atoms with Crippen LogP contribution >= 0.6 is 0 Å². The van der Waals surface area contributed by atoms with Crippen molar-refractivity contribution >= 4 is 10.0 Å². The number of ether oxygens (including phenoxy) is 1. The molecule has 2 heterocycles. The minimum atomic E-state index is -3.44. The number of sulfonamides is 1. The Morgan fingerprint density at radius 2 is 2.12 bits per heavy atom. The lowest BCUT2D eigenvalue weighted by Crippen LogP contribution is -2.40. The Bertz CT molecular complexity index is 448. The predicted molar refractivity (Wildman–Crippen MR) is 56.3 cm³/mol. The van der Waals surface area contributed by atoms with Gasteiger partial charge in [-0.25, -0.2) is 8.42 Å². The van der Waals surface area contributed by atoms with Gasteiger partial charge in [0, 0.05) is 25.0 Å². The number of rotatable bonds is 3. The summed E-state index contributed by atoms with van der Waals surface area (Å²) in [6.45, 7) is 1.41. The quantitative estimate of drug-likeness (QED) is 0.755. The van der Waals surface area contributed by atoms with Crippen molar-refractivity contribution in [3.63, 3.8) is 0 Å². The molecule has 6 nitrogen and oxygen atoms in total. The molecule has 0 unspecified atom stereocenters. The zero-order valence-electron chi connectivity index (χ0n) is 8.72. The molecule has 0 saturated carbocycles. The van der Waals surface area contributed by atoms with Gasteiger partial charge in [0.2, 0.25) is 10.0 Å². The van der Waals surface area contributed by atoms with E-state index in [9.17, 15) is 8.42 Å². The first-order valence-corrected chi connectivity index (χ1v) is 6.44. The van der Waals surface area contributed by atoms with Crippen LogP contribution in [0.5, 0.6) is 0 Å². The number of nitrogens with zero attached hydrogens (tertiary/aromatic N) is 1. The summed E-state index contributed by atoms with van der Waals surface area (Å²) in [5, 5.41) is 8.87. The minimum Gasteiger partial charge on any atom is -0.390 e. The molecule has 2 N–H and O–H groups in total. The van der Waals surface area contributed by atoms with Gasteiger partial charge in [-0.15, -0.1) is 0 Å². The van der Waals surface area contributed by atoms with Crippen molar-refractivity contribution in [3.8, 4) is 0 Å². The van der Waals surface area contributed by atoms with Crippen molar-refractivity contribution in [3.05, 3.63) is 18.0 Å². The van der Waals surface area contributed by atoms with E-state index in [-0.39, 0.29) is 11.5 Å². The maximum Gasteiger partial charge on any atom is 0.244 e. The number of aliphatic hydroxyl groups is 1. The molecule has 0 spiro atoms. The molecular weight excluding hydrogens is 232 g/mol. The Morgan fingerprint density at radius 1 is 1.44 bits per heavy atom. The first-order valence-electron chi connectivity index (χ1n) is 5.00. The van der Waals surface area contributed by atoms with Crippen LogP contribution in [0.4, 0.5) is 0 Å². The van der Waals surface area contributed by atoms with E-state index >= 15 is 0 Å². The number of aromatic nitrogens is 1. The Labute approximate surface area is 93.9 Å². The maximum absolute atomic E-state index is 12.1. The van der Waals surface area contributed by atoms with Crippen molar-refractivity contribution in [1.82, 2.24) is 9.29 Å². The predicted octanol–water partition coefficient (Wildman–Crippen LogP) is -0.472. The average Bonchev–Trinajstić information content (AvgIpc) is 2.79. The van der Waals surface area contributed by atoms with E-state index in [1.54, 1.807) is 0 Å². The summed E-state index contributed by atoms with van der Waals surface area (Å²) in [6, 6.07) is 1.45. The van der Waals surface area contributed by atoms with E-state index in [1.807, 2.05) is 0 Å². The van der Waals surface area contributed by atoms with Crippen LogP contribution in [0.3, 0.4) is 0 Å². The van der Waals surface area contributed by atoms with Gasteiger partial charge in [-0.1, -0.05) is 0 Å². The molecule has 90 valence electrons. The first kappa shape index (κ1) is 11.6. The number of aliphatic hydroxyl groups excluding tert-OH is 1. The van der Waals surface area contributed by atoms with E-state index < -0.39 is 10.0 Å². The lowest BCUT2D eigenvalue weighted by Gasteiger charge is -2.25. The van der Waals surface area contributed by atoms with Crippen LogP contribution in [0.2, 0.25) is 0 Å². The van der Waals surface area contributed by atoms with Gasteiger partial charge in [0.1, 0.15) is 0 Å². The number of nitrogens with one attached hydrogen (secondary N) is 1. The van der Waals surface area contributed by atoms with Gasteiger partial charge in [-0.2, -0.15) is 4.31 Å². The number of aromatic amines is 1. The molecular formula is C9H14N2O4S. The fraction of sp³-hybridized carbons (Fsp3) is 0.556. The van der Waals surface area contributed by atoms with Crippen molar-refractivity contribution in [2.45, 2.75) is 11.5 Å². The highest BCUT2D eigenvalue weighted by molar-refractivity contribution is 7.89. The smallest absolute Gasteiger partial charge is 0.244 e. The Balaban J connectivity index is 2.23. The average molecular weight is 246 g/mol. The third kappa shape index (κ3) is 2.12. The van der Waals surface area contributed by atoms with Crippen molar-refractivity contribution in [2.75, 3.05) is 26.3 Å². The first-order chi connectivity index (χ1) is 7.64. The number of morpholine rings is 1. The summed E-state index contributed by atoms with van der Waals surface area (Å²) in [4.78, 5) is 2.91. The number of hydrogen-bond donors (Lipinski definition) is 2. The molecule has 1 aromatic heterocycles. The molecule has 7 heteroatoms. The highest BCUT2D eigenvalue weighted by Gasteiger charge is 2.26. The van der Waals surface area contributed by atoms with Gasteiger partial charge in [-0.3, -0.25) is 0 Å². The molecule has 1 fully saturated rings. The topological polar surface area (TPSA) is 82.6 Å². The molecule has 1 aliphatic heterocycles. The Hall–Kier alpha value is -0.890. The second-order valence-corrected chi connectivity index (χ2v) is 5.47. The third-order valence-corrected chi connectivity index (χ3v) is 4.37. The molecule has 2 rings (SSSR count). The number of H-pyrrole nitrogens is 1. The van der Waals surface area contributed by atoms with Crippen LogP contribution < -0.4 is 0 Å². The molecule has 1 saturated heterocycles. The summed E-state index contributed by atoms with van der Waals surface area (Å²) in [5.74, 6) is 0. The standard InChI is InChI=1S/C9H14N2O4S/c12-7-8-5-9(6-10-8)16(13,14)11-1-3-15-4-2-11/h5-6,10,12H,1-4,7H2. The summed E-state index contributed by atoms with van der Waals surface area (Å²) in [5.41, 5.74) is 0.492. The van der Waals surface area contributed by atoms with Crippen molar-refractivity contribution < 1.29 is 18.3 Å². The van der Waals surface area contributed by atoms with Gasteiger partial charge in [-0.05, 0) is 6.07 Å². The van der Waals surface area contributed by atoms with Gasteiger partial charge in [0.25, 0.3) is 0 Å². The normalized spacial score (nSPS) is 18.8. The SMILES string of the molecule is O=S(=O)(c1c[nH]c(CO)c1)N1CCOCC1. The largest absolute Gasteiger partial charge is 0.390 e. The maximum atomic E-state index is 12.1. The minimum absolute atomic E-state index is 0.193. The summed E-state index contributed by atoms with van der Waals surface area (Å²) in [6.07, 6.45) is 1.40. The summed E-state index contributed by atoms with van der Waals surface area (Å²) >= 11 is 0. The zero-order chi connectivity index (χ0) is 11.6. The monoisotopic (exact) mass is 246 g/mol. The molecule has 1 aromatic rings. The van der Waals surface area contributed by atoms with E-state index in [4.69, 9.17) is 9.84 Å². The number of hydrogen-bond acceptors (Lipinski definition) is 4. The van der Waals surface area contributed by atoms with Gasteiger partial charge in [0.05, 0.1) is 24.7 Å². The van der Waals surface area contributed by atoms with E-state index in [1.165, 1.54) is 16.6 Å².